The van der Waals surface area contributed by atoms with Gasteiger partial charge >= 0.3 is 6.09 Å². The molecule has 2 unspecified atom stereocenters. The van der Waals surface area contributed by atoms with E-state index in [1.54, 1.807) is 31.3 Å². The van der Waals surface area contributed by atoms with E-state index in [2.05, 4.69) is 20.6 Å². The van der Waals surface area contributed by atoms with E-state index in [1.165, 1.54) is 6.07 Å². The number of anilines is 1. The summed E-state index contributed by atoms with van der Waals surface area (Å²) in [7, 11) is 3.46. The van der Waals surface area contributed by atoms with Gasteiger partial charge in [-0.2, -0.15) is 0 Å². The van der Waals surface area contributed by atoms with Crippen molar-refractivity contribution in [3.63, 3.8) is 0 Å². The molecule has 0 saturated carbocycles. The molecule has 168 valence electrons. The highest BCUT2D eigenvalue weighted by Gasteiger charge is 2.26. The number of halogens is 1. The topological polar surface area (TPSA) is 82.1 Å². The van der Waals surface area contributed by atoms with Crippen LogP contribution in [0.25, 0.3) is 0 Å². The van der Waals surface area contributed by atoms with Gasteiger partial charge in [0.25, 0.3) is 0 Å². The first-order valence-corrected chi connectivity index (χ1v) is 10.4. The summed E-state index contributed by atoms with van der Waals surface area (Å²) in [5, 5.41) is 6.67. The highest BCUT2D eigenvalue weighted by Crippen LogP contribution is 2.20. The summed E-state index contributed by atoms with van der Waals surface area (Å²) in [6.07, 6.45) is 2.89. The minimum Gasteiger partial charge on any atom is -0.444 e. The quantitative estimate of drug-likeness (QED) is 0.542. The second kappa shape index (κ2) is 10.4. The van der Waals surface area contributed by atoms with Crippen molar-refractivity contribution in [2.24, 2.45) is 4.99 Å². The van der Waals surface area contributed by atoms with Crippen LogP contribution in [0.1, 0.15) is 40.5 Å². The molecule has 1 aliphatic rings. The van der Waals surface area contributed by atoms with Gasteiger partial charge in [0.2, 0.25) is 0 Å². The van der Waals surface area contributed by atoms with Crippen molar-refractivity contribution in [1.82, 2.24) is 20.5 Å². The highest BCUT2D eigenvalue weighted by molar-refractivity contribution is 5.80. The molecule has 2 atom stereocenters. The molecule has 9 heteroatoms. The van der Waals surface area contributed by atoms with Gasteiger partial charge in [-0.25, -0.2) is 14.2 Å². The van der Waals surface area contributed by atoms with Crippen LogP contribution in [-0.4, -0.2) is 73.4 Å². The standard InChI is InChI=1S/C21H35FN6O2/c1-15(27(6)20(29)30-21(2,3)4)9-12-25-19(23-5)26-16-10-13-28(14-16)18-17(22)8-7-11-24-18/h7-8,11,15-16H,9-10,12-14H2,1-6H3,(H2,23,25,26). The predicted molar refractivity (Wildman–Crippen MR) is 117 cm³/mol. The Morgan fingerprint density at radius 3 is 2.87 bits per heavy atom. The monoisotopic (exact) mass is 422 g/mol. The number of aromatic nitrogens is 1. The SMILES string of the molecule is CN=C(NCCC(C)N(C)C(=O)OC(C)(C)C)NC1CCN(c2ncccc2F)C1. The van der Waals surface area contributed by atoms with Crippen LogP contribution in [0.4, 0.5) is 15.0 Å². The molecule has 1 aliphatic heterocycles. The maximum atomic E-state index is 14.0. The number of hydrogen-bond acceptors (Lipinski definition) is 5. The maximum Gasteiger partial charge on any atom is 0.410 e. The summed E-state index contributed by atoms with van der Waals surface area (Å²) in [4.78, 5) is 24.1. The van der Waals surface area contributed by atoms with E-state index in [1.807, 2.05) is 32.6 Å². The van der Waals surface area contributed by atoms with Crippen molar-refractivity contribution in [2.75, 3.05) is 38.6 Å². The zero-order valence-corrected chi connectivity index (χ0v) is 18.9. The van der Waals surface area contributed by atoms with Gasteiger partial charge in [0, 0.05) is 52.0 Å². The molecule has 30 heavy (non-hydrogen) atoms. The molecule has 1 fully saturated rings. The van der Waals surface area contributed by atoms with Crippen LogP contribution in [0.5, 0.6) is 0 Å². The third-order valence-electron chi connectivity index (χ3n) is 4.99. The smallest absolute Gasteiger partial charge is 0.410 e. The van der Waals surface area contributed by atoms with Crippen LogP contribution in [0, 0.1) is 5.82 Å². The molecule has 1 saturated heterocycles. The Kier molecular flexibility index (Phi) is 8.25. The number of carbonyl (C=O) groups is 1. The molecule has 1 aromatic rings. The second-order valence-corrected chi connectivity index (χ2v) is 8.61. The maximum absolute atomic E-state index is 14.0. The third-order valence-corrected chi connectivity index (χ3v) is 4.99. The van der Waals surface area contributed by atoms with Gasteiger partial charge in [0.1, 0.15) is 5.60 Å². The fraction of sp³-hybridized carbons (Fsp3) is 0.667. The molecule has 0 aliphatic carbocycles. The molecule has 0 bridgehead atoms. The zero-order chi connectivity index (χ0) is 22.3. The lowest BCUT2D eigenvalue weighted by molar-refractivity contribution is 0.0230. The number of carbonyl (C=O) groups excluding carboxylic acids is 1. The molecule has 1 aromatic heterocycles. The number of ether oxygens (including phenoxy) is 1. The summed E-state index contributed by atoms with van der Waals surface area (Å²) < 4.78 is 19.4. The first-order chi connectivity index (χ1) is 14.1. The molecule has 0 spiro atoms. The lowest BCUT2D eigenvalue weighted by atomic mass is 10.2. The highest BCUT2D eigenvalue weighted by atomic mass is 19.1. The Bertz CT molecular complexity index is 736. The minimum absolute atomic E-state index is 0.0135. The second-order valence-electron chi connectivity index (χ2n) is 8.61. The average Bonchev–Trinajstić information content (AvgIpc) is 3.13. The molecule has 2 N–H and O–H groups in total. The van der Waals surface area contributed by atoms with E-state index < -0.39 is 5.60 Å². The zero-order valence-electron chi connectivity index (χ0n) is 18.9. The van der Waals surface area contributed by atoms with E-state index in [-0.39, 0.29) is 24.0 Å². The van der Waals surface area contributed by atoms with Crippen LogP contribution in [-0.2, 0) is 4.74 Å². The van der Waals surface area contributed by atoms with Gasteiger partial charge in [-0.3, -0.25) is 4.99 Å². The lowest BCUT2D eigenvalue weighted by Crippen LogP contribution is -2.46. The fourth-order valence-corrected chi connectivity index (χ4v) is 3.18. The molecular weight excluding hydrogens is 387 g/mol. The van der Waals surface area contributed by atoms with Crippen LogP contribution >= 0.6 is 0 Å². The molecule has 2 heterocycles. The number of pyridine rings is 1. The Labute approximate surface area is 178 Å². The molecule has 2 rings (SSSR count). The van der Waals surface area contributed by atoms with Crippen molar-refractivity contribution in [3.05, 3.63) is 24.1 Å². The molecule has 1 amide bonds. The average molecular weight is 423 g/mol. The summed E-state index contributed by atoms with van der Waals surface area (Å²) in [6, 6.07) is 3.19. The van der Waals surface area contributed by atoms with Crippen LogP contribution in [0.2, 0.25) is 0 Å². The van der Waals surface area contributed by atoms with Crippen LogP contribution in [0.3, 0.4) is 0 Å². The number of aliphatic imine (C=N–C) groups is 1. The predicted octanol–water partition coefficient (Wildman–Crippen LogP) is 2.61. The van der Waals surface area contributed by atoms with Crippen molar-refractivity contribution >= 4 is 17.9 Å². The van der Waals surface area contributed by atoms with Gasteiger partial charge in [-0.15, -0.1) is 0 Å². The largest absolute Gasteiger partial charge is 0.444 e. The molecular formula is C21H35FN6O2. The van der Waals surface area contributed by atoms with Crippen LogP contribution in [0.15, 0.2) is 23.3 Å². The van der Waals surface area contributed by atoms with Crippen molar-refractivity contribution in [2.45, 2.75) is 58.2 Å². The van der Waals surface area contributed by atoms with Gasteiger partial charge in [0.15, 0.2) is 17.6 Å². The molecule has 8 nitrogen and oxygen atoms in total. The molecule has 0 aromatic carbocycles. The Morgan fingerprint density at radius 1 is 1.50 bits per heavy atom. The van der Waals surface area contributed by atoms with Gasteiger partial charge in [-0.05, 0) is 52.7 Å². The summed E-state index contributed by atoms with van der Waals surface area (Å²) in [5.41, 5.74) is -0.511. The first kappa shape index (κ1) is 23.7. The number of nitrogens with one attached hydrogen (secondary N) is 2. The Balaban J connectivity index is 1.76. The van der Waals surface area contributed by atoms with Crippen molar-refractivity contribution in [1.29, 1.82) is 0 Å². The fourth-order valence-electron chi connectivity index (χ4n) is 3.18. The number of rotatable bonds is 6. The van der Waals surface area contributed by atoms with Gasteiger partial charge in [-0.1, -0.05) is 0 Å². The number of hydrogen-bond donors (Lipinski definition) is 2. The summed E-state index contributed by atoms with van der Waals surface area (Å²) >= 11 is 0. The van der Waals surface area contributed by atoms with E-state index >= 15 is 0 Å². The van der Waals surface area contributed by atoms with E-state index in [0.29, 0.717) is 24.9 Å². The van der Waals surface area contributed by atoms with Crippen molar-refractivity contribution < 1.29 is 13.9 Å². The van der Waals surface area contributed by atoms with E-state index in [4.69, 9.17) is 4.74 Å². The number of nitrogens with zero attached hydrogens (tertiary/aromatic N) is 4. The van der Waals surface area contributed by atoms with Crippen LogP contribution < -0.4 is 15.5 Å². The van der Waals surface area contributed by atoms with Gasteiger partial charge < -0.3 is 25.2 Å². The number of guanidine groups is 1. The van der Waals surface area contributed by atoms with Gasteiger partial charge in [0.05, 0.1) is 0 Å². The summed E-state index contributed by atoms with van der Waals surface area (Å²) in [5.74, 6) is 0.781. The first-order valence-electron chi connectivity index (χ1n) is 10.4. The Hall–Kier alpha value is -2.58. The molecule has 0 radical (unpaired) electrons. The normalized spacial score (nSPS) is 18.2. The minimum atomic E-state index is -0.511. The van der Waals surface area contributed by atoms with Crippen molar-refractivity contribution in [3.8, 4) is 0 Å². The van der Waals surface area contributed by atoms with E-state index in [9.17, 15) is 9.18 Å². The summed E-state index contributed by atoms with van der Waals surface area (Å²) in [6.45, 7) is 9.59. The lowest BCUT2D eigenvalue weighted by Gasteiger charge is -2.29. The third kappa shape index (κ3) is 7.03. The number of amides is 1. The Morgan fingerprint density at radius 2 is 2.23 bits per heavy atom. The van der Waals surface area contributed by atoms with E-state index in [0.717, 1.165) is 19.4 Å².